The van der Waals surface area contributed by atoms with Crippen LogP contribution in [-0.2, 0) is 22.7 Å². The predicted molar refractivity (Wildman–Crippen MR) is 127 cm³/mol. The van der Waals surface area contributed by atoms with Gasteiger partial charge in [0.2, 0.25) is 5.89 Å². The second kappa shape index (κ2) is 11.0. The fourth-order valence-corrected chi connectivity index (χ4v) is 7.11. The van der Waals surface area contributed by atoms with Gasteiger partial charge in [0.05, 0.1) is 5.25 Å². The molecule has 2 aromatic rings. The molecule has 4 rings (SSSR count). The minimum atomic E-state index is -3.14. The lowest BCUT2D eigenvalue weighted by molar-refractivity contribution is 0.337. The van der Waals surface area contributed by atoms with Crippen LogP contribution in [0.1, 0.15) is 87.9 Å². The zero-order valence-electron chi connectivity index (χ0n) is 18.6. The first-order chi connectivity index (χ1) is 15.5. The number of hydrogen-bond acceptors (Lipinski definition) is 5. The summed E-state index contributed by atoms with van der Waals surface area (Å²) in [4.78, 5) is 4.58. The molecule has 1 atom stereocenters. The molecule has 1 aromatic heterocycles. The van der Waals surface area contributed by atoms with E-state index >= 15 is 0 Å². The average molecular weight is 477 g/mol. The molecule has 7 heteroatoms. The molecule has 174 valence electrons. The van der Waals surface area contributed by atoms with Gasteiger partial charge in [0.1, 0.15) is 0 Å². The number of hydrogen-bond donors (Lipinski definition) is 0. The normalized spacial score (nSPS) is 22.5. The van der Waals surface area contributed by atoms with Gasteiger partial charge in [-0.1, -0.05) is 60.1 Å². The fourth-order valence-electron chi connectivity index (χ4n) is 5.02. The fraction of sp³-hybridized carbons (Fsp3) is 0.600. The number of nitrogens with zero attached hydrogens (tertiary/aromatic N) is 2. The maximum Gasteiger partial charge on any atom is 0.226 e. The van der Waals surface area contributed by atoms with E-state index in [9.17, 15) is 8.42 Å². The highest BCUT2D eigenvalue weighted by molar-refractivity contribution is 7.94. The van der Waals surface area contributed by atoms with E-state index in [2.05, 4.69) is 10.1 Å². The number of sulfone groups is 1. The Morgan fingerprint density at radius 3 is 2.62 bits per heavy atom. The van der Waals surface area contributed by atoms with Crippen LogP contribution in [0.15, 0.2) is 39.8 Å². The summed E-state index contributed by atoms with van der Waals surface area (Å²) in [5, 5.41) is 6.30. The Hall–Kier alpha value is -1.66. The molecular formula is C25H33ClN2O3S. The van der Waals surface area contributed by atoms with E-state index in [1.807, 2.05) is 24.3 Å². The topological polar surface area (TPSA) is 73.1 Å². The van der Waals surface area contributed by atoms with Crippen LogP contribution in [0.4, 0.5) is 0 Å². The molecule has 2 aliphatic carbocycles. The first-order valence-electron chi connectivity index (χ1n) is 12.0. The van der Waals surface area contributed by atoms with E-state index in [4.69, 9.17) is 16.1 Å². The van der Waals surface area contributed by atoms with E-state index in [-0.39, 0.29) is 5.25 Å². The van der Waals surface area contributed by atoms with Gasteiger partial charge >= 0.3 is 0 Å². The van der Waals surface area contributed by atoms with Gasteiger partial charge in [-0.2, -0.15) is 4.98 Å². The summed E-state index contributed by atoms with van der Waals surface area (Å²) in [5.41, 5.74) is 2.16. The molecule has 1 unspecified atom stereocenters. The van der Waals surface area contributed by atoms with E-state index in [1.165, 1.54) is 12.8 Å². The van der Waals surface area contributed by atoms with E-state index in [1.54, 1.807) is 5.41 Å². The van der Waals surface area contributed by atoms with Crippen LogP contribution < -0.4 is 0 Å². The van der Waals surface area contributed by atoms with Crippen LogP contribution in [0, 0.1) is 5.92 Å². The molecule has 0 radical (unpaired) electrons. The van der Waals surface area contributed by atoms with Crippen LogP contribution >= 0.6 is 11.6 Å². The van der Waals surface area contributed by atoms with Crippen molar-refractivity contribution in [1.82, 2.24) is 10.1 Å². The molecule has 0 N–H and O–H groups in total. The van der Waals surface area contributed by atoms with Gasteiger partial charge in [-0.05, 0) is 68.6 Å². The van der Waals surface area contributed by atoms with Gasteiger partial charge in [-0.15, -0.1) is 0 Å². The summed E-state index contributed by atoms with van der Waals surface area (Å²) in [6.07, 6.45) is 12.2. The Morgan fingerprint density at radius 2 is 1.84 bits per heavy atom. The minimum Gasteiger partial charge on any atom is -0.339 e. The van der Waals surface area contributed by atoms with Crippen LogP contribution in [0.5, 0.6) is 0 Å². The van der Waals surface area contributed by atoms with Gasteiger partial charge in [-0.3, -0.25) is 0 Å². The van der Waals surface area contributed by atoms with Crippen LogP contribution in [-0.4, -0.2) is 23.8 Å². The highest BCUT2D eigenvalue weighted by Crippen LogP contribution is 2.31. The monoisotopic (exact) mass is 476 g/mol. The number of rotatable bonds is 6. The molecule has 5 nitrogen and oxygen atoms in total. The Bertz CT molecular complexity index is 1020. The highest BCUT2D eigenvalue weighted by atomic mass is 35.5. The molecule has 0 spiro atoms. The predicted octanol–water partition coefficient (Wildman–Crippen LogP) is 6.46. The quantitative estimate of drug-likeness (QED) is 0.447. The lowest BCUT2D eigenvalue weighted by Crippen LogP contribution is -2.18. The minimum absolute atomic E-state index is 0.173. The molecule has 2 saturated carbocycles. The molecular weight excluding hydrogens is 444 g/mol. The molecule has 2 aliphatic rings. The molecule has 1 heterocycles. The molecule has 0 aliphatic heterocycles. The van der Waals surface area contributed by atoms with Crippen LogP contribution in [0.3, 0.4) is 0 Å². The van der Waals surface area contributed by atoms with Crippen molar-refractivity contribution in [2.75, 3.05) is 0 Å². The maximum atomic E-state index is 12.9. The first kappa shape index (κ1) is 23.5. The molecule has 32 heavy (non-hydrogen) atoms. The number of halogens is 1. The highest BCUT2D eigenvalue weighted by Gasteiger charge is 2.26. The zero-order chi connectivity index (χ0) is 22.4. The van der Waals surface area contributed by atoms with Gasteiger partial charge in [-0.25, -0.2) is 8.42 Å². The lowest BCUT2D eigenvalue weighted by atomic mass is 9.96. The molecule has 0 bridgehead atoms. The third-order valence-corrected chi connectivity index (χ3v) is 9.10. The van der Waals surface area contributed by atoms with Crippen molar-refractivity contribution in [3.8, 4) is 0 Å². The maximum absolute atomic E-state index is 12.9. The summed E-state index contributed by atoms with van der Waals surface area (Å²) < 4.78 is 31.4. The molecule has 0 amide bonds. The number of benzene rings is 1. The third-order valence-electron chi connectivity index (χ3n) is 6.81. The molecule has 0 saturated heterocycles. The number of allylic oxidation sites excluding steroid dienone is 1. The standard InChI is InChI=1S/C25H33ClN2O3S/c26-22-10-6-9-21(15-22)16-24-27-25(31-28-24)17-19-7-5-8-20(14-13-19)18-32(29,30)23-11-3-1-2-4-12-23/h6,9-10,15,18-19,23H,1-5,7-8,11-14,16-17H2. The van der Waals surface area contributed by atoms with Gasteiger partial charge in [0, 0.05) is 23.3 Å². The van der Waals surface area contributed by atoms with Crippen molar-refractivity contribution < 1.29 is 12.9 Å². The Balaban J connectivity index is 1.32. The summed E-state index contributed by atoms with van der Waals surface area (Å²) in [5.74, 6) is 1.79. The summed E-state index contributed by atoms with van der Waals surface area (Å²) >= 11 is 6.06. The van der Waals surface area contributed by atoms with E-state index in [0.29, 0.717) is 29.1 Å². The molecule has 2 fully saturated rings. The van der Waals surface area contributed by atoms with Crippen molar-refractivity contribution in [1.29, 1.82) is 0 Å². The Kier molecular flexibility index (Phi) is 8.06. The summed E-state index contributed by atoms with van der Waals surface area (Å²) in [6.45, 7) is 0. The second-order valence-electron chi connectivity index (χ2n) is 9.39. The average Bonchev–Trinajstić information content (AvgIpc) is 2.94. The Morgan fingerprint density at radius 1 is 1.03 bits per heavy atom. The van der Waals surface area contributed by atoms with Crippen molar-refractivity contribution in [2.45, 2.75) is 88.7 Å². The van der Waals surface area contributed by atoms with E-state index in [0.717, 1.165) is 75.3 Å². The van der Waals surface area contributed by atoms with Gasteiger partial charge in [0.15, 0.2) is 15.7 Å². The molecule has 1 aromatic carbocycles. The lowest BCUT2D eigenvalue weighted by Gasteiger charge is -2.14. The van der Waals surface area contributed by atoms with Crippen molar-refractivity contribution in [3.63, 3.8) is 0 Å². The SMILES string of the molecule is O=S(=O)(C=C1CCCC(Cc2nc(Cc3cccc(Cl)c3)no2)CC1)C1CCCCCC1. The number of aromatic nitrogens is 2. The van der Waals surface area contributed by atoms with Crippen molar-refractivity contribution in [3.05, 3.63) is 57.5 Å². The first-order valence-corrected chi connectivity index (χ1v) is 14.0. The van der Waals surface area contributed by atoms with Crippen LogP contribution in [0.25, 0.3) is 0 Å². The largest absolute Gasteiger partial charge is 0.339 e. The second-order valence-corrected chi connectivity index (χ2v) is 11.9. The van der Waals surface area contributed by atoms with Crippen molar-refractivity contribution >= 4 is 21.4 Å². The van der Waals surface area contributed by atoms with E-state index < -0.39 is 9.84 Å². The van der Waals surface area contributed by atoms with Gasteiger partial charge in [0.25, 0.3) is 0 Å². The smallest absolute Gasteiger partial charge is 0.226 e. The summed E-state index contributed by atoms with van der Waals surface area (Å²) in [6, 6.07) is 7.69. The zero-order valence-corrected chi connectivity index (χ0v) is 20.2. The summed E-state index contributed by atoms with van der Waals surface area (Å²) in [7, 11) is -3.14. The third kappa shape index (κ3) is 6.67. The van der Waals surface area contributed by atoms with Crippen LogP contribution in [0.2, 0.25) is 5.02 Å². The Labute approximate surface area is 196 Å². The van der Waals surface area contributed by atoms with Gasteiger partial charge < -0.3 is 4.52 Å². The van der Waals surface area contributed by atoms with Crippen molar-refractivity contribution in [2.24, 2.45) is 5.92 Å².